The number of nitriles is 1. The van der Waals surface area contributed by atoms with Gasteiger partial charge in [-0.2, -0.15) is 5.26 Å². The molecule has 1 heterocycles. The highest BCUT2D eigenvalue weighted by atomic mass is 35.5. The van der Waals surface area contributed by atoms with E-state index in [4.69, 9.17) is 21.3 Å². The van der Waals surface area contributed by atoms with Gasteiger partial charge in [0.05, 0.1) is 34.1 Å². The topological polar surface area (TPSA) is 67.9 Å². The first-order chi connectivity index (χ1) is 17.8. The van der Waals surface area contributed by atoms with E-state index in [1.807, 2.05) is 75.4 Å². The number of aryl methyl sites for hydroxylation is 2. The van der Waals surface area contributed by atoms with Crippen molar-refractivity contribution in [2.24, 2.45) is 0 Å². The van der Waals surface area contributed by atoms with Crippen LogP contribution < -0.4 is 10.3 Å². The van der Waals surface area contributed by atoms with Crippen LogP contribution in [0.2, 0.25) is 5.02 Å². The van der Waals surface area contributed by atoms with Crippen molar-refractivity contribution in [1.29, 1.82) is 5.26 Å². The zero-order valence-corrected chi connectivity index (χ0v) is 22.3. The summed E-state index contributed by atoms with van der Waals surface area (Å²) in [5, 5.41) is 9.89. The van der Waals surface area contributed by atoms with Gasteiger partial charge in [0.15, 0.2) is 0 Å². The van der Waals surface area contributed by atoms with E-state index < -0.39 is 0 Å². The Labute approximate surface area is 223 Å². The molecule has 0 saturated heterocycles. The maximum Gasteiger partial charge on any atom is 0.261 e. The number of aromatic nitrogens is 2. The van der Waals surface area contributed by atoms with Crippen molar-refractivity contribution in [3.05, 3.63) is 110 Å². The van der Waals surface area contributed by atoms with Gasteiger partial charge in [0, 0.05) is 12.0 Å². The van der Waals surface area contributed by atoms with Gasteiger partial charge in [-0.25, -0.2) is 4.98 Å². The zero-order valence-electron chi connectivity index (χ0n) is 21.6. The highest BCUT2D eigenvalue weighted by molar-refractivity contribution is 6.32. The molecule has 0 aliphatic carbocycles. The summed E-state index contributed by atoms with van der Waals surface area (Å²) < 4.78 is 7.38. The minimum absolute atomic E-state index is 0.00539. The Hall–Kier alpha value is -3.88. The van der Waals surface area contributed by atoms with E-state index >= 15 is 0 Å². The number of hydrogen-bond donors (Lipinski definition) is 0. The first-order valence-electron chi connectivity index (χ1n) is 12.5. The number of halogens is 1. The van der Waals surface area contributed by atoms with Crippen LogP contribution in [0.3, 0.4) is 0 Å². The van der Waals surface area contributed by atoms with Crippen molar-refractivity contribution in [1.82, 2.24) is 9.55 Å². The molecule has 4 rings (SSSR count). The average molecular weight is 512 g/mol. The Balaban J connectivity index is 1.73. The van der Waals surface area contributed by atoms with Crippen molar-refractivity contribution >= 4 is 11.6 Å². The summed E-state index contributed by atoms with van der Waals surface area (Å²) in [4.78, 5) is 18.7. The van der Waals surface area contributed by atoms with E-state index in [-0.39, 0.29) is 11.7 Å². The van der Waals surface area contributed by atoms with Crippen LogP contribution in [0.15, 0.2) is 71.5 Å². The molecule has 0 fully saturated rings. The summed E-state index contributed by atoms with van der Waals surface area (Å²) in [6.45, 7) is 7.81. The van der Waals surface area contributed by atoms with E-state index in [9.17, 15) is 10.1 Å². The van der Waals surface area contributed by atoms with Crippen LogP contribution in [0.4, 0.5) is 0 Å². The first kappa shape index (κ1) is 26.2. The maximum atomic E-state index is 13.8. The molecule has 0 radical (unpaired) electrons. The Morgan fingerprint density at radius 1 is 1.08 bits per heavy atom. The molecular formula is C31H30ClN3O2. The van der Waals surface area contributed by atoms with Gasteiger partial charge in [-0.05, 0) is 68.1 Å². The molecule has 1 aromatic heterocycles. The van der Waals surface area contributed by atoms with Gasteiger partial charge in [-0.15, -0.1) is 0 Å². The predicted octanol–water partition coefficient (Wildman–Crippen LogP) is 7.06. The summed E-state index contributed by atoms with van der Waals surface area (Å²) in [6, 6.07) is 23.2. The van der Waals surface area contributed by atoms with Gasteiger partial charge >= 0.3 is 0 Å². The molecule has 0 aliphatic heterocycles. The molecular weight excluding hydrogens is 482 g/mol. The Morgan fingerprint density at radius 2 is 1.81 bits per heavy atom. The molecule has 0 spiro atoms. The molecule has 0 atom stereocenters. The van der Waals surface area contributed by atoms with Gasteiger partial charge in [-0.1, -0.05) is 67.4 Å². The second-order valence-corrected chi connectivity index (χ2v) is 9.69. The first-order valence-corrected chi connectivity index (χ1v) is 12.9. The van der Waals surface area contributed by atoms with Crippen LogP contribution in [0.1, 0.15) is 55.4 Å². The molecule has 0 bridgehead atoms. The summed E-state index contributed by atoms with van der Waals surface area (Å²) in [7, 11) is 0. The van der Waals surface area contributed by atoms with Gasteiger partial charge in [-0.3, -0.25) is 9.36 Å². The van der Waals surface area contributed by atoms with Crippen molar-refractivity contribution in [3.8, 4) is 28.6 Å². The van der Waals surface area contributed by atoms with Crippen molar-refractivity contribution in [2.75, 3.05) is 0 Å². The van der Waals surface area contributed by atoms with Crippen LogP contribution in [-0.2, 0) is 12.8 Å². The largest absolute Gasteiger partial charge is 0.489 e. The second kappa shape index (κ2) is 11.5. The molecule has 188 valence electrons. The highest BCUT2D eigenvalue weighted by Gasteiger charge is 2.17. The van der Waals surface area contributed by atoms with Crippen molar-refractivity contribution in [3.63, 3.8) is 0 Å². The van der Waals surface area contributed by atoms with Crippen molar-refractivity contribution in [2.45, 2.75) is 53.1 Å². The Morgan fingerprint density at radius 3 is 2.46 bits per heavy atom. The standard InChI is InChI=1S/C31H30ClN3O2/c1-5-8-29-27(17-22-11-13-23(14-12-22)26-10-7-6-9-24(26)19-33)31(36)35(21(4)34-29)25-15-16-30(28(32)18-25)37-20(2)3/h6-7,9-16,18,20H,5,8,17H2,1-4H3. The lowest BCUT2D eigenvalue weighted by Gasteiger charge is -2.17. The van der Waals surface area contributed by atoms with Gasteiger partial charge in [0.1, 0.15) is 11.6 Å². The maximum absolute atomic E-state index is 13.8. The quantitative estimate of drug-likeness (QED) is 0.254. The molecule has 6 heteroatoms. The lowest BCUT2D eigenvalue weighted by atomic mass is 9.97. The van der Waals surface area contributed by atoms with Gasteiger partial charge in [0.25, 0.3) is 5.56 Å². The zero-order chi connectivity index (χ0) is 26.5. The Bertz CT molecular complexity index is 1520. The molecule has 0 aliphatic rings. The third-order valence-electron chi connectivity index (χ3n) is 6.15. The monoisotopic (exact) mass is 511 g/mol. The molecule has 5 nitrogen and oxygen atoms in total. The molecule has 37 heavy (non-hydrogen) atoms. The normalized spacial score (nSPS) is 10.9. The molecule has 4 aromatic rings. The molecule has 3 aromatic carbocycles. The number of benzene rings is 3. The van der Waals surface area contributed by atoms with Gasteiger partial charge < -0.3 is 4.74 Å². The van der Waals surface area contributed by atoms with Crippen molar-refractivity contribution < 1.29 is 4.74 Å². The van der Waals surface area contributed by atoms with Crippen LogP contribution in [0, 0.1) is 18.3 Å². The second-order valence-electron chi connectivity index (χ2n) is 9.29. The summed E-state index contributed by atoms with van der Waals surface area (Å²) in [5.74, 6) is 1.20. The fourth-order valence-corrected chi connectivity index (χ4v) is 4.68. The van der Waals surface area contributed by atoms with E-state index in [0.29, 0.717) is 39.8 Å². The molecule has 0 saturated carbocycles. The van der Waals surface area contributed by atoms with Gasteiger partial charge in [0.2, 0.25) is 0 Å². The summed E-state index contributed by atoms with van der Waals surface area (Å²) in [5.41, 5.74) is 5.56. The summed E-state index contributed by atoms with van der Waals surface area (Å²) >= 11 is 6.48. The Kier molecular flexibility index (Phi) is 8.11. The van der Waals surface area contributed by atoms with E-state index in [1.54, 1.807) is 16.7 Å². The smallest absolute Gasteiger partial charge is 0.261 e. The summed E-state index contributed by atoms with van der Waals surface area (Å²) in [6.07, 6.45) is 2.07. The van der Waals surface area contributed by atoms with E-state index in [2.05, 4.69) is 13.0 Å². The lowest BCUT2D eigenvalue weighted by Crippen LogP contribution is -2.28. The third-order valence-corrected chi connectivity index (χ3v) is 6.44. The minimum atomic E-state index is -0.0940. The highest BCUT2D eigenvalue weighted by Crippen LogP contribution is 2.28. The number of nitrogens with zero attached hydrogens (tertiary/aromatic N) is 3. The third kappa shape index (κ3) is 5.76. The van der Waals surface area contributed by atoms with E-state index in [0.717, 1.165) is 35.2 Å². The van der Waals surface area contributed by atoms with Crippen LogP contribution >= 0.6 is 11.6 Å². The molecule has 0 N–H and O–H groups in total. The van der Waals surface area contributed by atoms with Crippen LogP contribution in [0.25, 0.3) is 16.8 Å². The minimum Gasteiger partial charge on any atom is -0.489 e. The number of rotatable bonds is 8. The van der Waals surface area contributed by atoms with Crippen LogP contribution in [-0.4, -0.2) is 15.7 Å². The number of hydrogen-bond acceptors (Lipinski definition) is 4. The average Bonchev–Trinajstić information content (AvgIpc) is 2.88. The fraction of sp³-hybridized carbons (Fsp3) is 0.258. The van der Waals surface area contributed by atoms with Crippen LogP contribution in [0.5, 0.6) is 5.75 Å². The molecule has 0 amide bonds. The SMILES string of the molecule is CCCc1nc(C)n(-c2ccc(OC(C)C)c(Cl)c2)c(=O)c1Cc1ccc(-c2ccccc2C#N)cc1. The number of ether oxygens (including phenoxy) is 1. The predicted molar refractivity (Wildman–Crippen MR) is 149 cm³/mol. The molecule has 0 unspecified atom stereocenters. The van der Waals surface area contributed by atoms with E-state index in [1.165, 1.54) is 0 Å². The fourth-order valence-electron chi connectivity index (χ4n) is 4.46. The lowest BCUT2D eigenvalue weighted by molar-refractivity contribution is 0.242.